The molecule has 4 N–H and O–H groups in total. The maximum Gasteiger partial charge on any atom is 0.260 e. The Morgan fingerprint density at radius 2 is 2.15 bits per heavy atom. The maximum atomic E-state index is 12.3. The molecule has 0 atom stereocenters. The number of H-pyrrole nitrogens is 2. The summed E-state index contributed by atoms with van der Waals surface area (Å²) in [5.41, 5.74) is 7.95. The number of aromatic nitrogens is 3. The van der Waals surface area contributed by atoms with Crippen LogP contribution in [0, 0.1) is 0 Å². The smallest absolute Gasteiger partial charge is 0.260 e. The first-order chi connectivity index (χ1) is 9.74. The van der Waals surface area contributed by atoms with Crippen LogP contribution < -0.4 is 11.3 Å². The van der Waals surface area contributed by atoms with E-state index in [0.29, 0.717) is 33.6 Å². The van der Waals surface area contributed by atoms with Gasteiger partial charge in [0.25, 0.3) is 5.56 Å². The van der Waals surface area contributed by atoms with Crippen molar-refractivity contribution in [3.8, 4) is 11.5 Å². The van der Waals surface area contributed by atoms with Gasteiger partial charge in [0.15, 0.2) is 5.76 Å². The first kappa shape index (κ1) is 10.9. The third-order valence-electron chi connectivity index (χ3n) is 3.31. The number of rotatable bonds is 1. The highest BCUT2D eigenvalue weighted by molar-refractivity contribution is 6.07. The van der Waals surface area contributed by atoms with Crippen molar-refractivity contribution in [2.45, 2.75) is 0 Å². The van der Waals surface area contributed by atoms with Gasteiger partial charge in [-0.05, 0) is 30.3 Å². The first-order valence-electron chi connectivity index (χ1n) is 6.07. The van der Waals surface area contributed by atoms with Crippen molar-refractivity contribution >= 4 is 27.5 Å². The van der Waals surface area contributed by atoms with Gasteiger partial charge in [-0.15, -0.1) is 0 Å². The molecule has 4 rings (SSSR count). The molecule has 3 heterocycles. The highest BCUT2D eigenvalue weighted by Gasteiger charge is 2.16. The molecule has 0 amide bonds. The van der Waals surface area contributed by atoms with Crippen molar-refractivity contribution in [3.63, 3.8) is 0 Å². The average Bonchev–Trinajstić information content (AvgIpc) is 3.07. The summed E-state index contributed by atoms with van der Waals surface area (Å²) in [6, 6.07) is 8.88. The van der Waals surface area contributed by atoms with Crippen LogP contribution in [0.2, 0.25) is 0 Å². The van der Waals surface area contributed by atoms with Crippen LogP contribution in [0.25, 0.3) is 33.3 Å². The van der Waals surface area contributed by atoms with E-state index in [1.807, 2.05) is 6.07 Å². The molecule has 0 aliphatic carbocycles. The highest BCUT2D eigenvalue weighted by atomic mass is 16.3. The molecule has 1 aromatic carbocycles. The normalized spacial score (nSPS) is 11.4. The molecule has 0 fully saturated rings. The Morgan fingerprint density at radius 3 is 2.95 bits per heavy atom. The molecule has 0 aliphatic heterocycles. The van der Waals surface area contributed by atoms with Crippen LogP contribution in [0.5, 0.6) is 0 Å². The number of aromatic amines is 2. The molecule has 0 spiro atoms. The maximum absolute atomic E-state index is 12.3. The van der Waals surface area contributed by atoms with E-state index >= 15 is 0 Å². The number of fused-ring (bicyclic) bond motifs is 3. The van der Waals surface area contributed by atoms with E-state index in [1.165, 1.54) is 0 Å². The number of nitrogens with two attached hydrogens (primary N) is 1. The zero-order valence-electron chi connectivity index (χ0n) is 10.3. The van der Waals surface area contributed by atoms with E-state index in [-0.39, 0.29) is 5.56 Å². The lowest BCUT2D eigenvalue weighted by molar-refractivity contribution is 0.580. The predicted molar refractivity (Wildman–Crippen MR) is 76.3 cm³/mol. The Bertz CT molecular complexity index is 980. The van der Waals surface area contributed by atoms with Gasteiger partial charge in [0.2, 0.25) is 0 Å². The molecule has 3 aromatic heterocycles. The number of nitrogens with one attached hydrogen (secondary N) is 2. The summed E-state index contributed by atoms with van der Waals surface area (Å²) in [6.07, 6.45) is 1.55. The summed E-state index contributed by atoms with van der Waals surface area (Å²) in [5.74, 6) is 0.577. The minimum Gasteiger partial charge on any atom is -0.463 e. The zero-order chi connectivity index (χ0) is 13.7. The number of nitrogen functional groups attached to an aromatic ring is 1. The molecule has 0 unspecified atom stereocenters. The SMILES string of the molecule is Nc1ccc2c(c1)[nH]c(=O)c1c(-c3ccco3)[nH]nc12. The fourth-order valence-electron chi connectivity index (χ4n) is 2.41. The number of hydrogen-bond donors (Lipinski definition) is 3. The molecule has 98 valence electrons. The Balaban J connectivity index is 2.18. The quantitative estimate of drug-likeness (QED) is 0.460. The van der Waals surface area contributed by atoms with Crippen LogP contribution in [-0.2, 0) is 0 Å². The van der Waals surface area contributed by atoms with Gasteiger partial charge in [0, 0.05) is 11.1 Å². The van der Waals surface area contributed by atoms with Crippen molar-refractivity contribution in [1.29, 1.82) is 0 Å². The largest absolute Gasteiger partial charge is 0.463 e. The number of nitrogens with zero attached hydrogens (tertiary/aromatic N) is 1. The van der Waals surface area contributed by atoms with Crippen LogP contribution >= 0.6 is 0 Å². The van der Waals surface area contributed by atoms with Crippen molar-refractivity contribution < 1.29 is 4.42 Å². The lowest BCUT2D eigenvalue weighted by Crippen LogP contribution is -2.06. The molecule has 0 radical (unpaired) electrons. The average molecular weight is 266 g/mol. The van der Waals surface area contributed by atoms with Crippen LogP contribution in [0.3, 0.4) is 0 Å². The Hall–Kier alpha value is -3.02. The van der Waals surface area contributed by atoms with E-state index < -0.39 is 0 Å². The van der Waals surface area contributed by atoms with Crippen molar-refractivity contribution in [3.05, 3.63) is 46.9 Å². The number of benzene rings is 1. The second-order valence-electron chi connectivity index (χ2n) is 4.56. The van der Waals surface area contributed by atoms with Crippen molar-refractivity contribution in [2.24, 2.45) is 0 Å². The number of anilines is 1. The van der Waals surface area contributed by atoms with Gasteiger partial charge >= 0.3 is 0 Å². The highest BCUT2D eigenvalue weighted by Crippen LogP contribution is 2.28. The minimum absolute atomic E-state index is 0.224. The lowest BCUT2D eigenvalue weighted by atomic mass is 10.1. The van der Waals surface area contributed by atoms with Gasteiger partial charge in [0.1, 0.15) is 11.2 Å². The molecule has 20 heavy (non-hydrogen) atoms. The Morgan fingerprint density at radius 1 is 1.25 bits per heavy atom. The van der Waals surface area contributed by atoms with Gasteiger partial charge < -0.3 is 15.1 Å². The molecule has 6 nitrogen and oxygen atoms in total. The fourth-order valence-corrected chi connectivity index (χ4v) is 2.41. The van der Waals surface area contributed by atoms with Crippen molar-refractivity contribution in [2.75, 3.05) is 5.73 Å². The number of pyridine rings is 1. The summed E-state index contributed by atoms with van der Waals surface area (Å²) in [4.78, 5) is 15.1. The summed E-state index contributed by atoms with van der Waals surface area (Å²) < 4.78 is 5.33. The van der Waals surface area contributed by atoms with Gasteiger partial charge in [0.05, 0.1) is 17.2 Å². The van der Waals surface area contributed by atoms with E-state index in [2.05, 4.69) is 15.2 Å². The van der Waals surface area contributed by atoms with E-state index in [4.69, 9.17) is 10.2 Å². The molecule has 4 aromatic rings. The minimum atomic E-state index is -0.224. The van der Waals surface area contributed by atoms with Crippen molar-refractivity contribution in [1.82, 2.24) is 15.2 Å². The van der Waals surface area contributed by atoms with E-state index in [1.54, 1.807) is 30.5 Å². The molecular formula is C14H10N4O2. The third-order valence-corrected chi connectivity index (χ3v) is 3.31. The van der Waals surface area contributed by atoms with E-state index in [0.717, 1.165) is 5.39 Å². The molecule has 0 aliphatic rings. The summed E-state index contributed by atoms with van der Waals surface area (Å²) in [6.45, 7) is 0. The van der Waals surface area contributed by atoms with Crippen LogP contribution in [0.4, 0.5) is 5.69 Å². The zero-order valence-corrected chi connectivity index (χ0v) is 10.3. The molecular weight excluding hydrogens is 256 g/mol. The first-order valence-corrected chi connectivity index (χ1v) is 6.07. The summed E-state index contributed by atoms with van der Waals surface area (Å²) in [7, 11) is 0. The van der Waals surface area contributed by atoms with Crippen LogP contribution in [-0.4, -0.2) is 15.2 Å². The van der Waals surface area contributed by atoms with Crippen LogP contribution in [0.1, 0.15) is 0 Å². The Kier molecular flexibility index (Phi) is 2.03. The molecule has 0 saturated carbocycles. The number of hydrogen-bond acceptors (Lipinski definition) is 4. The Labute approximate surface area is 112 Å². The van der Waals surface area contributed by atoms with Gasteiger partial charge in [-0.1, -0.05) is 0 Å². The third kappa shape index (κ3) is 1.38. The summed E-state index contributed by atoms with van der Waals surface area (Å²) in [5, 5.41) is 8.44. The predicted octanol–water partition coefficient (Wildman–Crippen LogP) is 2.25. The van der Waals surface area contributed by atoms with Gasteiger partial charge in [-0.25, -0.2) is 0 Å². The summed E-state index contributed by atoms with van der Waals surface area (Å²) >= 11 is 0. The molecule has 0 bridgehead atoms. The van der Waals surface area contributed by atoms with Gasteiger partial charge in [-0.2, -0.15) is 5.10 Å². The second kappa shape index (κ2) is 3.74. The number of furan rings is 1. The monoisotopic (exact) mass is 266 g/mol. The lowest BCUT2D eigenvalue weighted by Gasteiger charge is -2.00. The topological polar surface area (TPSA) is 101 Å². The van der Waals surface area contributed by atoms with Gasteiger partial charge in [-0.3, -0.25) is 9.89 Å². The molecule has 0 saturated heterocycles. The second-order valence-corrected chi connectivity index (χ2v) is 4.56. The van der Waals surface area contributed by atoms with E-state index in [9.17, 15) is 4.79 Å². The fraction of sp³-hybridized carbons (Fsp3) is 0. The van der Waals surface area contributed by atoms with Crippen LogP contribution in [0.15, 0.2) is 45.8 Å². The molecule has 6 heteroatoms. The standard InChI is InChI=1S/C14H10N4O2/c15-7-3-4-8-9(6-7)16-14(19)11-12(8)17-18-13(11)10-2-1-5-20-10/h1-6H,15H2,(H,16,19)(H,17,18).